The van der Waals surface area contributed by atoms with Gasteiger partial charge >= 0.3 is 5.97 Å². The van der Waals surface area contributed by atoms with Crippen LogP contribution in [0.1, 0.15) is 23.8 Å². The maximum atomic E-state index is 11.1. The molecule has 3 N–H and O–H groups in total. The van der Waals surface area contributed by atoms with E-state index in [9.17, 15) is 9.59 Å². The maximum absolute atomic E-state index is 11.1. The molecule has 7 heteroatoms. The number of carbonyl (C=O) groups is 2. The van der Waals surface area contributed by atoms with E-state index in [1.165, 1.54) is 6.20 Å². The second kappa shape index (κ2) is 6.41. The molecule has 0 saturated heterocycles. The lowest BCUT2D eigenvalue weighted by atomic mass is 10.4. The van der Waals surface area contributed by atoms with Crippen LogP contribution in [-0.2, 0) is 4.79 Å². The van der Waals surface area contributed by atoms with Crippen LogP contribution in [0.25, 0.3) is 0 Å². The van der Waals surface area contributed by atoms with Crippen molar-refractivity contribution in [1.29, 1.82) is 0 Å². The molecular formula is C10H14N4O3. The monoisotopic (exact) mass is 238 g/mol. The SMILES string of the molecule is CCNC(=O)CCNc1cncc(C(=O)O)n1. The van der Waals surface area contributed by atoms with E-state index in [1.807, 2.05) is 6.92 Å². The van der Waals surface area contributed by atoms with Gasteiger partial charge in [0.25, 0.3) is 0 Å². The van der Waals surface area contributed by atoms with Crippen molar-refractivity contribution in [2.75, 3.05) is 18.4 Å². The van der Waals surface area contributed by atoms with Gasteiger partial charge in [-0.15, -0.1) is 0 Å². The first-order chi connectivity index (χ1) is 8.13. The molecule has 1 aromatic rings. The van der Waals surface area contributed by atoms with E-state index in [1.54, 1.807) is 0 Å². The van der Waals surface area contributed by atoms with E-state index in [0.29, 0.717) is 25.3 Å². The summed E-state index contributed by atoms with van der Waals surface area (Å²) in [5.41, 5.74) is -0.131. The number of nitrogens with zero attached hydrogens (tertiary/aromatic N) is 2. The summed E-state index contributed by atoms with van der Waals surface area (Å²) in [5, 5.41) is 14.2. The Hall–Kier alpha value is -2.18. The third kappa shape index (κ3) is 4.45. The number of hydrogen-bond acceptors (Lipinski definition) is 5. The molecule has 0 bridgehead atoms. The number of rotatable bonds is 6. The standard InChI is InChI=1S/C10H14N4O3/c1-2-12-9(15)3-4-13-8-6-11-5-7(14-8)10(16)17/h5-6H,2-4H2,1H3,(H,12,15)(H,13,14)(H,16,17). The van der Waals surface area contributed by atoms with E-state index in [0.717, 1.165) is 6.20 Å². The first-order valence-corrected chi connectivity index (χ1v) is 5.19. The average molecular weight is 238 g/mol. The molecule has 0 unspecified atom stereocenters. The van der Waals surface area contributed by atoms with Gasteiger partial charge in [0.05, 0.1) is 12.4 Å². The van der Waals surface area contributed by atoms with E-state index < -0.39 is 5.97 Å². The van der Waals surface area contributed by atoms with Gasteiger partial charge in [-0.3, -0.25) is 9.78 Å². The molecule has 1 amide bonds. The molecule has 0 atom stereocenters. The van der Waals surface area contributed by atoms with E-state index >= 15 is 0 Å². The van der Waals surface area contributed by atoms with Crippen molar-refractivity contribution in [3.05, 3.63) is 18.1 Å². The molecule has 17 heavy (non-hydrogen) atoms. The Kier molecular flexibility index (Phi) is 4.86. The molecule has 0 aliphatic carbocycles. The van der Waals surface area contributed by atoms with Gasteiger partial charge in [0.1, 0.15) is 5.82 Å². The predicted molar refractivity (Wildman–Crippen MR) is 60.8 cm³/mol. The van der Waals surface area contributed by atoms with Gasteiger partial charge in [-0.25, -0.2) is 9.78 Å². The summed E-state index contributed by atoms with van der Waals surface area (Å²) in [6, 6.07) is 0. The van der Waals surface area contributed by atoms with Crippen LogP contribution in [0.5, 0.6) is 0 Å². The number of carbonyl (C=O) groups excluding carboxylic acids is 1. The summed E-state index contributed by atoms with van der Waals surface area (Å²) in [5.74, 6) is -0.860. The maximum Gasteiger partial charge on any atom is 0.356 e. The van der Waals surface area contributed by atoms with Gasteiger partial charge < -0.3 is 15.7 Å². The van der Waals surface area contributed by atoms with Crippen molar-refractivity contribution in [1.82, 2.24) is 15.3 Å². The van der Waals surface area contributed by atoms with Gasteiger partial charge in [-0.1, -0.05) is 0 Å². The van der Waals surface area contributed by atoms with Crippen LogP contribution in [0.2, 0.25) is 0 Å². The Labute approximate surface area is 98.3 Å². The molecule has 7 nitrogen and oxygen atoms in total. The van der Waals surface area contributed by atoms with Crippen LogP contribution in [-0.4, -0.2) is 40.0 Å². The van der Waals surface area contributed by atoms with Gasteiger partial charge in [0, 0.05) is 19.5 Å². The largest absolute Gasteiger partial charge is 0.476 e. The summed E-state index contributed by atoms with van der Waals surface area (Å²) >= 11 is 0. The van der Waals surface area contributed by atoms with Crippen LogP contribution >= 0.6 is 0 Å². The highest BCUT2D eigenvalue weighted by molar-refractivity contribution is 5.85. The Bertz CT molecular complexity index is 408. The van der Waals surface area contributed by atoms with E-state index in [2.05, 4.69) is 20.6 Å². The lowest BCUT2D eigenvalue weighted by molar-refractivity contribution is -0.120. The molecule has 0 radical (unpaired) electrons. The zero-order valence-corrected chi connectivity index (χ0v) is 9.43. The second-order valence-electron chi connectivity index (χ2n) is 3.22. The minimum Gasteiger partial charge on any atom is -0.476 e. The number of amides is 1. The molecule has 92 valence electrons. The molecule has 0 spiro atoms. The molecular weight excluding hydrogens is 224 g/mol. The van der Waals surface area contributed by atoms with E-state index in [4.69, 9.17) is 5.11 Å². The fourth-order valence-electron chi connectivity index (χ4n) is 1.14. The quantitative estimate of drug-likeness (QED) is 0.650. The molecule has 0 saturated carbocycles. The highest BCUT2D eigenvalue weighted by Gasteiger charge is 2.06. The summed E-state index contributed by atoms with van der Waals surface area (Å²) in [4.78, 5) is 29.3. The summed E-state index contributed by atoms with van der Waals surface area (Å²) in [7, 11) is 0. The fraction of sp³-hybridized carbons (Fsp3) is 0.400. The second-order valence-corrected chi connectivity index (χ2v) is 3.22. The number of carboxylic acid groups (broad SMARTS) is 1. The number of aromatic nitrogens is 2. The predicted octanol–water partition coefficient (Wildman–Crippen LogP) is 0.113. The number of carboxylic acids is 1. The highest BCUT2D eigenvalue weighted by atomic mass is 16.4. The van der Waals surface area contributed by atoms with Crippen molar-refractivity contribution in [2.24, 2.45) is 0 Å². The van der Waals surface area contributed by atoms with Crippen molar-refractivity contribution in [2.45, 2.75) is 13.3 Å². The normalized spacial score (nSPS) is 9.71. The molecule has 0 aromatic carbocycles. The van der Waals surface area contributed by atoms with Gasteiger partial charge in [-0.05, 0) is 6.92 Å². The van der Waals surface area contributed by atoms with Gasteiger partial charge in [0.15, 0.2) is 5.69 Å². The fourth-order valence-corrected chi connectivity index (χ4v) is 1.14. The highest BCUT2D eigenvalue weighted by Crippen LogP contribution is 2.01. The zero-order valence-electron chi connectivity index (χ0n) is 9.43. The lowest BCUT2D eigenvalue weighted by Crippen LogP contribution is -2.24. The number of aromatic carboxylic acids is 1. The number of anilines is 1. The average Bonchev–Trinajstić information content (AvgIpc) is 2.30. The summed E-state index contributed by atoms with van der Waals surface area (Å²) in [6.45, 7) is 2.81. The Morgan fingerprint density at radius 3 is 2.82 bits per heavy atom. The molecule has 0 aliphatic rings. The van der Waals surface area contributed by atoms with Crippen molar-refractivity contribution < 1.29 is 14.7 Å². The minimum atomic E-state index is -1.13. The number of nitrogens with one attached hydrogen (secondary N) is 2. The Balaban J connectivity index is 2.44. The van der Waals surface area contributed by atoms with E-state index in [-0.39, 0.29) is 11.6 Å². The Morgan fingerprint density at radius 1 is 1.41 bits per heavy atom. The van der Waals surface area contributed by atoms with Crippen molar-refractivity contribution in [3.8, 4) is 0 Å². The summed E-state index contributed by atoms with van der Waals surface area (Å²) in [6.07, 6.45) is 2.87. The third-order valence-corrected chi connectivity index (χ3v) is 1.89. The third-order valence-electron chi connectivity index (χ3n) is 1.89. The Morgan fingerprint density at radius 2 is 2.18 bits per heavy atom. The summed E-state index contributed by atoms with van der Waals surface area (Å²) < 4.78 is 0. The smallest absolute Gasteiger partial charge is 0.356 e. The molecule has 1 rings (SSSR count). The first-order valence-electron chi connectivity index (χ1n) is 5.19. The van der Waals surface area contributed by atoms with Gasteiger partial charge in [-0.2, -0.15) is 0 Å². The van der Waals surface area contributed by atoms with Crippen LogP contribution in [0, 0.1) is 0 Å². The molecule has 0 fully saturated rings. The van der Waals surface area contributed by atoms with Crippen LogP contribution in [0.3, 0.4) is 0 Å². The van der Waals surface area contributed by atoms with Crippen molar-refractivity contribution >= 4 is 17.7 Å². The van der Waals surface area contributed by atoms with Crippen LogP contribution in [0.4, 0.5) is 5.82 Å². The zero-order chi connectivity index (χ0) is 12.7. The van der Waals surface area contributed by atoms with Gasteiger partial charge in [0.2, 0.25) is 5.91 Å². The molecule has 1 heterocycles. The topological polar surface area (TPSA) is 104 Å². The first kappa shape index (κ1) is 12.9. The molecule has 0 aliphatic heterocycles. The van der Waals surface area contributed by atoms with Crippen molar-refractivity contribution in [3.63, 3.8) is 0 Å². The molecule has 1 aromatic heterocycles. The lowest BCUT2D eigenvalue weighted by Gasteiger charge is -2.05. The van der Waals surface area contributed by atoms with Crippen LogP contribution in [0.15, 0.2) is 12.4 Å². The van der Waals surface area contributed by atoms with Crippen LogP contribution < -0.4 is 10.6 Å². The minimum absolute atomic E-state index is 0.0673. The number of hydrogen-bond donors (Lipinski definition) is 3.